The Kier molecular flexibility index (Phi) is 6.68. The molecule has 0 bridgehead atoms. The normalized spacial score (nSPS) is 17.9. The lowest BCUT2D eigenvalue weighted by atomic mass is 9.86. The van der Waals surface area contributed by atoms with Crippen molar-refractivity contribution in [3.8, 4) is 11.5 Å². The summed E-state index contributed by atoms with van der Waals surface area (Å²) in [5.74, 6) is -0.376. The zero-order chi connectivity index (χ0) is 19.9. The molecule has 3 N–H and O–H groups in total. The Morgan fingerprint density at radius 1 is 1.04 bits per heavy atom. The van der Waals surface area contributed by atoms with Gasteiger partial charge < -0.3 is 9.84 Å². The molecular weight excluding hydrogens is 360 g/mol. The number of urea groups is 1. The Hall–Kier alpha value is -2.83. The van der Waals surface area contributed by atoms with E-state index in [1.165, 1.54) is 50.7 Å². The van der Waals surface area contributed by atoms with Crippen molar-refractivity contribution < 1.29 is 24.2 Å². The summed E-state index contributed by atoms with van der Waals surface area (Å²) in [6, 6.07) is 3.82. The largest absolute Gasteiger partial charge is 0.504 e. The summed E-state index contributed by atoms with van der Waals surface area (Å²) in [4.78, 5) is 34.6. The van der Waals surface area contributed by atoms with E-state index < -0.39 is 17.8 Å². The lowest BCUT2D eigenvalue weighted by molar-refractivity contribution is -0.123. The van der Waals surface area contributed by atoms with Crippen LogP contribution in [0.25, 0.3) is 6.08 Å². The molecule has 2 fully saturated rings. The van der Waals surface area contributed by atoms with Crippen molar-refractivity contribution in [1.82, 2.24) is 10.6 Å². The fraction of sp³-hybridized carbons (Fsp3) is 0.476. The quantitative estimate of drug-likeness (QED) is 0.379. The summed E-state index contributed by atoms with van der Waals surface area (Å²) in [6.45, 7) is 0.535. The minimum Gasteiger partial charge on any atom is -0.504 e. The highest BCUT2D eigenvalue weighted by molar-refractivity contribution is 6.31. The molecule has 1 aromatic rings. The third kappa shape index (κ3) is 5.34. The van der Waals surface area contributed by atoms with Gasteiger partial charge in [-0.3, -0.25) is 20.2 Å². The Balaban J connectivity index is 1.49. The van der Waals surface area contributed by atoms with Gasteiger partial charge in [-0.2, -0.15) is 0 Å². The van der Waals surface area contributed by atoms with Gasteiger partial charge in [-0.15, -0.1) is 0 Å². The van der Waals surface area contributed by atoms with Crippen LogP contribution >= 0.6 is 0 Å². The maximum atomic E-state index is 11.7. The standard InChI is InChI=1S/C21H26N2O5/c24-17-13-15(12-16-19(25)22-21(27)23-20(16)26)9-10-18(17)28-11-5-4-8-14-6-2-1-3-7-14/h9-10,12-14,24H,1-8,11H2,(H2,22,23,25,26,27). The molecule has 7 nitrogen and oxygen atoms in total. The molecule has 1 heterocycles. The van der Waals surface area contributed by atoms with Gasteiger partial charge in [0, 0.05) is 0 Å². The Bertz CT molecular complexity index is 759. The molecule has 28 heavy (non-hydrogen) atoms. The molecule has 1 aromatic carbocycles. The molecule has 2 aliphatic rings. The lowest BCUT2D eigenvalue weighted by Gasteiger charge is -2.21. The van der Waals surface area contributed by atoms with E-state index in [0.717, 1.165) is 18.8 Å². The van der Waals surface area contributed by atoms with E-state index in [4.69, 9.17) is 4.74 Å². The first-order valence-corrected chi connectivity index (χ1v) is 9.87. The van der Waals surface area contributed by atoms with Gasteiger partial charge in [0.1, 0.15) is 5.57 Å². The number of rotatable bonds is 7. The molecule has 0 aromatic heterocycles. The second kappa shape index (κ2) is 9.39. The van der Waals surface area contributed by atoms with Crippen LogP contribution in [0, 0.1) is 5.92 Å². The molecule has 1 saturated heterocycles. The molecule has 0 spiro atoms. The van der Waals surface area contributed by atoms with Gasteiger partial charge in [0.25, 0.3) is 11.8 Å². The number of hydrogen-bond acceptors (Lipinski definition) is 5. The first kappa shape index (κ1) is 19.9. The summed E-state index contributed by atoms with van der Waals surface area (Å²) >= 11 is 0. The van der Waals surface area contributed by atoms with E-state index in [-0.39, 0.29) is 11.3 Å². The molecule has 7 heteroatoms. The molecule has 1 aliphatic heterocycles. The van der Waals surface area contributed by atoms with Gasteiger partial charge >= 0.3 is 6.03 Å². The number of unbranched alkanes of at least 4 members (excludes halogenated alkanes) is 1. The Labute approximate surface area is 164 Å². The number of phenols is 1. The van der Waals surface area contributed by atoms with Crippen molar-refractivity contribution in [2.24, 2.45) is 5.92 Å². The average molecular weight is 386 g/mol. The predicted octanol–water partition coefficient (Wildman–Crippen LogP) is 3.27. The summed E-state index contributed by atoms with van der Waals surface area (Å²) in [7, 11) is 0. The van der Waals surface area contributed by atoms with Gasteiger partial charge in [0.2, 0.25) is 0 Å². The molecule has 0 radical (unpaired) electrons. The number of barbiturate groups is 1. The van der Waals surface area contributed by atoms with Gasteiger partial charge in [-0.05, 0) is 42.5 Å². The molecule has 0 atom stereocenters. The molecule has 0 unspecified atom stereocenters. The van der Waals surface area contributed by atoms with Gasteiger partial charge in [-0.1, -0.05) is 44.6 Å². The van der Waals surface area contributed by atoms with E-state index in [9.17, 15) is 19.5 Å². The van der Waals surface area contributed by atoms with Crippen LogP contribution in [-0.2, 0) is 9.59 Å². The number of nitrogens with one attached hydrogen (secondary N) is 2. The maximum Gasteiger partial charge on any atom is 0.328 e. The first-order valence-electron chi connectivity index (χ1n) is 9.87. The van der Waals surface area contributed by atoms with Crippen LogP contribution in [0.4, 0.5) is 4.79 Å². The van der Waals surface area contributed by atoms with Crippen molar-refractivity contribution in [2.75, 3.05) is 6.61 Å². The van der Waals surface area contributed by atoms with Gasteiger partial charge in [0.15, 0.2) is 11.5 Å². The van der Waals surface area contributed by atoms with E-state index in [0.29, 0.717) is 17.9 Å². The number of phenolic OH excluding ortho intramolecular Hbond substituents is 1. The van der Waals surface area contributed by atoms with Crippen LogP contribution in [0.3, 0.4) is 0 Å². The van der Waals surface area contributed by atoms with Gasteiger partial charge in [-0.25, -0.2) is 4.79 Å². The van der Waals surface area contributed by atoms with Crippen molar-refractivity contribution in [3.63, 3.8) is 0 Å². The number of ether oxygens (including phenoxy) is 1. The average Bonchev–Trinajstić information content (AvgIpc) is 2.66. The molecule has 1 saturated carbocycles. The number of aromatic hydroxyl groups is 1. The van der Waals surface area contributed by atoms with E-state index in [2.05, 4.69) is 0 Å². The number of benzene rings is 1. The number of carbonyl (C=O) groups excluding carboxylic acids is 3. The second-order valence-electron chi connectivity index (χ2n) is 7.37. The smallest absolute Gasteiger partial charge is 0.328 e. The summed E-state index contributed by atoms with van der Waals surface area (Å²) in [6.07, 6.45) is 11.4. The van der Waals surface area contributed by atoms with Crippen molar-refractivity contribution >= 4 is 23.9 Å². The molecule has 4 amide bonds. The van der Waals surface area contributed by atoms with Crippen molar-refractivity contribution in [1.29, 1.82) is 0 Å². The minimum atomic E-state index is -0.845. The van der Waals surface area contributed by atoms with E-state index in [1.54, 1.807) is 12.1 Å². The Morgan fingerprint density at radius 2 is 1.75 bits per heavy atom. The number of hydrogen-bond donors (Lipinski definition) is 3. The predicted molar refractivity (Wildman–Crippen MR) is 104 cm³/mol. The van der Waals surface area contributed by atoms with Crippen LogP contribution in [0.2, 0.25) is 0 Å². The van der Waals surface area contributed by atoms with Gasteiger partial charge in [0.05, 0.1) is 6.61 Å². The van der Waals surface area contributed by atoms with Crippen LogP contribution in [0.1, 0.15) is 56.9 Å². The fourth-order valence-corrected chi connectivity index (χ4v) is 3.71. The summed E-state index contributed by atoms with van der Waals surface area (Å²) in [5, 5.41) is 14.2. The topological polar surface area (TPSA) is 105 Å². The third-order valence-electron chi connectivity index (χ3n) is 5.23. The molecule has 1 aliphatic carbocycles. The highest BCUT2D eigenvalue weighted by Crippen LogP contribution is 2.29. The highest BCUT2D eigenvalue weighted by Gasteiger charge is 2.27. The summed E-state index contributed by atoms with van der Waals surface area (Å²) < 4.78 is 5.65. The third-order valence-corrected chi connectivity index (χ3v) is 5.23. The summed E-state index contributed by atoms with van der Waals surface area (Å²) in [5.41, 5.74) is 0.257. The van der Waals surface area contributed by atoms with E-state index in [1.807, 2.05) is 10.6 Å². The van der Waals surface area contributed by atoms with Crippen LogP contribution in [0.5, 0.6) is 11.5 Å². The second-order valence-corrected chi connectivity index (χ2v) is 7.37. The number of amides is 4. The fourth-order valence-electron chi connectivity index (χ4n) is 3.71. The minimum absolute atomic E-state index is 0.0608. The van der Waals surface area contributed by atoms with E-state index >= 15 is 0 Å². The lowest BCUT2D eigenvalue weighted by Crippen LogP contribution is -2.51. The maximum absolute atomic E-state index is 11.7. The Morgan fingerprint density at radius 3 is 2.43 bits per heavy atom. The molecule has 3 rings (SSSR count). The zero-order valence-electron chi connectivity index (χ0n) is 15.8. The van der Waals surface area contributed by atoms with Crippen LogP contribution in [0.15, 0.2) is 23.8 Å². The zero-order valence-corrected chi connectivity index (χ0v) is 15.8. The van der Waals surface area contributed by atoms with Crippen molar-refractivity contribution in [2.45, 2.75) is 51.4 Å². The SMILES string of the molecule is O=C1NC(=O)C(=Cc2ccc(OCCCCC3CCCCC3)c(O)c2)C(=O)N1. The monoisotopic (exact) mass is 386 g/mol. The number of carbonyl (C=O) groups is 3. The van der Waals surface area contributed by atoms with Crippen molar-refractivity contribution in [3.05, 3.63) is 29.3 Å². The molecule has 150 valence electrons. The molecular formula is C21H26N2O5. The highest BCUT2D eigenvalue weighted by atomic mass is 16.5. The van der Waals surface area contributed by atoms with Crippen LogP contribution in [-0.4, -0.2) is 29.6 Å². The number of imide groups is 2. The first-order chi connectivity index (χ1) is 13.5. The van der Waals surface area contributed by atoms with Crippen LogP contribution < -0.4 is 15.4 Å².